The fourth-order valence-corrected chi connectivity index (χ4v) is 2.39. The standard InChI is InChI=1S/C13H24N2O3/c16-13(15-7-1-2-8-15)14-6-4-9-17-11-12-5-3-10-18-12/h12H,1-11H2,(H,14,16). The van der Waals surface area contributed by atoms with Crippen molar-refractivity contribution in [3.05, 3.63) is 0 Å². The molecular weight excluding hydrogens is 232 g/mol. The molecule has 2 rings (SSSR count). The first-order chi connectivity index (χ1) is 8.86. The molecule has 1 atom stereocenters. The van der Waals surface area contributed by atoms with Crippen molar-refractivity contribution in [3.8, 4) is 0 Å². The van der Waals surface area contributed by atoms with Crippen molar-refractivity contribution < 1.29 is 14.3 Å². The Morgan fingerprint density at radius 3 is 2.89 bits per heavy atom. The molecule has 18 heavy (non-hydrogen) atoms. The smallest absolute Gasteiger partial charge is 0.317 e. The van der Waals surface area contributed by atoms with Gasteiger partial charge < -0.3 is 19.7 Å². The maximum atomic E-state index is 11.6. The zero-order valence-electron chi connectivity index (χ0n) is 11.0. The lowest BCUT2D eigenvalue weighted by Crippen LogP contribution is -2.38. The molecule has 0 aromatic carbocycles. The number of carbonyl (C=O) groups is 1. The lowest BCUT2D eigenvalue weighted by Gasteiger charge is -2.16. The van der Waals surface area contributed by atoms with E-state index >= 15 is 0 Å². The van der Waals surface area contributed by atoms with Gasteiger partial charge in [-0.15, -0.1) is 0 Å². The summed E-state index contributed by atoms with van der Waals surface area (Å²) in [5.41, 5.74) is 0. The van der Waals surface area contributed by atoms with Crippen molar-refractivity contribution in [2.24, 2.45) is 0 Å². The molecule has 0 bridgehead atoms. The molecule has 2 fully saturated rings. The summed E-state index contributed by atoms with van der Waals surface area (Å²) in [6.07, 6.45) is 5.71. The Morgan fingerprint density at radius 1 is 1.33 bits per heavy atom. The van der Waals surface area contributed by atoms with Gasteiger partial charge in [0.05, 0.1) is 12.7 Å². The summed E-state index contributed by atoms with van der Waals surface area (Å²) in [5, 5.41) is 2.93. The highest BCUT2D eigenvalue weighted by molar-refractivity contribution is 5.74. The predicted octanol–water partition coefficient (Wildman–Crippen LogP) is 1.38. The van der Waals surface area contributed by atoms with Crippen molar-refractivity contribution in [1.29, 1.82) is 0 Å². The van der Waals surface area contributed by atoms with E-state index < -0.39 is 0 Å². The molecular formula is C13H24N2O3. The third kappa shape index (κ3) is 4.46. The quantitative estimate of drug-likeness (QED) is 0.730. The van der Waals surface area contributed by atoms with Gasteiger partial charge >= 0.3 is 6.03 Å². The zero-order valence-corrected chi connectivity index (χ0v) is 11.0. The largest absolute Gasteiger partial charge is 0.379 e. The molecule has 1 N–H and O–H groups in total. The normalized spacial score (nSPS) is 23.6. The molecule has 0 saturated carbocycles. The molecule has 2 heterocycles. The molecule has 0 aromatic rings. The summed E-state index contributed by atoms with van der Waals surface area (Å²) in [4.78, 5) is 13.5. The van der Waals surface area contributed by atoms with E-state index in [9.17, 15) is 4.79 Å². The molecule has 2 amide bonds. The van der Waals surface area contributed by atoms with Crippen LogP contribution in [0.3, 0.4) is 0 Å². The number of nitrogens with zero attached hydrogens (tertiary/aromatic N) is 1. The average molecular weight is 256 g/mol. The van der Waals surface area contributed by atoms with Crippen LogP contribution in [0.5, 0.6) is 0 Å². The van der Waals surface area contributed by atoms with E-state index in [1.165, 1.54) is 0 Å². The Hall–Kier alpha value is -0.810. The summed E-state index contributed by atoms with van der Waals surface area (Å²) in [5.74, 6) is 0. The molecule has 2 aliphatic rings. The monoisotopic (exact) mass is 256 g/mol. The van der Waals surface area contributed by atoms with Gasteiger partial charge in [0.15, 0.2) is 0 Å². The van der Waals surface area contributed by atoms with E-state index in [-0.39, 0.29) is 6.03 Å². The second-order valence-corrected chi connectivity index (χ2v) is 4.99. The molecule has 1 unspecified atom stereocenters. The SMILES string of the molecule is O=C(NCCCOCC1CCCO1)N1CCCC1. The highest BCUT2D eigenvalue weighted by atomic mass is 16.5. The van der Waals surface area contributed by atoms with Crippen LogP contribution >= 0.6 is 0 Å². The van der Waals surface area contributed by atoms with Gasteiger partial charge in [0.25, 0.3) is 0 Å². The zero-order chi connectivity index (χ0) is 12.6. The second-order valence-electron chi connectivity index (χ2n) is 4.99. The number of hydrogen-bond acceptors (Lipinski definition) is 3. The number of hydrogen-bond donors (Lipinski definition) is 1. The minimum atomic E-state index is 0.0756. The van der Waals surface area contributed by atoms with Crippen LogP contribution in [-0.2, 0) is 9.47 Å². The van der Waals surface area contributed by atoms with Crippen LogP contribution in [0, 0.1) is 0 Å². The summed E-state index contributed by atoms with van der Waals surface area (Å²) in [6, 6.07) is 0.0756. The summed E-state index contributed by atoms with van der Waals surface area (Å²) >= 11 is 0. The van der Waals surface area contributed by atoms with Crippen molar-refractivity contribution in [2.45, 2.75) is 38.2 Å². The Kier molecular flexibility index (Phi) is 5.74. The molecule has 2 aliphatic heterocycles. The molecule has 5 nitrogen and oxygen atoms in total. The van der Waals surface area contributed by atoms with Crippen LogP contribution < -0.4 is 5.32 Å². The molecule has 0 spiro atoms. The maximum absolute atomic E-state index is 11.6. The lowest BCUT2D eigenvalue weighted by molar-refractivity contribution is 0.0167. The molecule has 2 saturated heterocycles. The Morgan fingerprint density at radius 2 is 2.17 bits per heavy atom. The van der Waals surface area contributed by atoms with Crippen LogP contribution in [-0.4, -0.2) is 56.5 Å². The number of ether oxygens (including phenoxy) is 2. The van der Waals surface area contributed by atoms with Gasteiger partial charge in [0, 0.05) is 32.8 Å². The van der Waals surface area contributed by atoms with Crippen molar-refractivity contribution in [1.82, 2.24) is 10.2 Å². The van der Waals surface area contributed by atoms with E-state index in [1.807, 2.05) is 4.90 Å². The van der Waals surface area contributed by atoms with E-state index in [0.29, 0.717) is 25.9 Å². The summed E-state index contributed by atoms with van der Waals surface area (Å²) in [7, 11) is 0. The fraction of sp³-hybridized carbons (Fsp3) is 0.923. The predicted molar refractivity (Wildman–Crippen MR) is 68.6 cm³/mol. The van der Waals surface area contributed by atoms with Gasteiger partial charge in [-0.2, -0.15) is 0 Å². The number of urea groups is 1. The number of likely N-dealkylation sites (tertiary alicyclic amines) is 1. The topological polar surface area (TPSA) is 50.8 Å². The number of nitrogens with one attached hydrogen (secondary N) is 1. The number of carbonyl (C=O) groups excluding carboxylic acids is 1. The molecule has 5 heteroatoms. The first kappa shape index (κ1) is 13.6. The van der Waals surface area contributed by atoms with Crippen LogP contribution in [0.4, 0.5) is 4.79 Å². The highest BCUT2D eigenvalue weighted by Gasteiger charge is 2.17. The van der Waals surface area contributed by atoms with Crippen LogP contribution in [0.1, 0.15) is 32.1 Å². The van der Waals surface area contributed by atoms with Crippen molar-refractivity contribution >= 4 is 6.03 Å². The molecule has 0 aliphatic carbocycles. The average Bonchev–Trinajstić information content (AvgIpc) is 3.05. The van der Waals surface area contributed by atoms with Gasteiger partial charge in [-0.3, -0.25) is 0 Å². The maximum Gasteiger partial charge on any atom is 0.317 e. The minimum absolute atomic E-state index is 0.0756. The number of amides is 2. The second kappa shape index (κ2) is 7.59. The van der Waals surface area contributed by atoms with E-state index in [0.717, 1.165) is 51.8 Å². The Bertz CT molecular complexity index is 249. The Balaban J connectivity index is 1.42. The van der Waals surface area contributed by atoms with E-state index in [2.05, 4.69) is 5.32 Å². The van der Waals surface area contributed by atoms with Gasteiger partial charge in [-0.1, -0.05) is 0 Å². The van der Waals surface area contributed by atoms with E-state index in [1.54, 1.807) is 0 Å². The first-order valence-corrected chi connectivity index (χ1v) is 7.08. The van der Waals surface area contributed by atoms with Gasteiger partial charge in [0.1, 0.15) is 0 Å². The van der Waals surface area contributed by atoms with Gasteiger partial charge in [0.2, 0.25) is 0 Å². The molecule has 0 aromatic heterocycles. The third-order valence-electron chi connectivity index (χ3n) is 3.46. The van der Waals surface area contributed by atoms with Gasteiger partial charge in [-0.25, -0.2) is 4.79 Å². The Labute approximate surface area is 109 Å². The fourth-order valence-electron chi connectivity index (χ4n) is 2.39. The first-order valence-electron chi connectivity index (χ1n) is 7.08. The van der Waals surface area contributed by atoms with Crippen LogP contribution in [0.15, 0.2) is 0 Å². The molecule has 0 radical (unpaired) electrons. The van der Waals surface area contributed by atoms with Gasteiger partial charge in [-0.05, 0) is 32.1 Å². The van der Waals surface area contributed by atoms with E-state index in [4.69, 9.17) is 9.47 Å². The van der Waals surface area contributed by atoms with Crippen molar-refractivity contribution in [2.75, 3.05) is 39.5 Å². The summed E-state index contributed by atoms with van der Waals surface area (Å²) in [6.45, 7) is 4.77. The summed E-state index contributed by atoms with van der Waals surface area (Å²) < 4.78 is 11.0. The highest BCUT2D eigenvalue weighted by Crippen LogP contribution is 2.11. The minimum Gasteiger partial charge on any atom is -0.379 e. The molecule has 104 valence electrons. The van der Waals surface area contributed by atoms with Crippen LogP contribution in [0.25, 0.3) is 0 Å². The third-order valence-corrected chi connectivity index (χ3v) is 3.46. The van der Waals surface area contributed by atoms with Crippen molar-refractivity contribution in [3.63, 3.8) is 0 Å². The lowest BCUT2D eigenvalue weighted by atomic mass is 10.2. The van der Waals surface area contributed by atoms with Crippen LogP contribution in [0.2, 0.25) is 0 Å². The number of rotatable bonds is 6.